The second-order valence-electron chi connectivity index (χ2n) is 11.0. The van der Waals surface area contributed by atoms with Gasteiger partial charge in [0.25, 0.3) is 0 Å². The normalized spacial score (nSPS) is 11.8. The van der Waals surface area contributed by atoms with Crippen molar-refractivity contribution < 1.29 is 18.9 Å². The monoisotopic (exact) mass is 541 g/mol. The molecule has 0 aromatic carbocycles. The van der Waals surface area contributed by atoms with Gasteiger partial charge in [0.1, 0.15) is 0 Å². The van der Waals surface area contributed by atoms with Gasteiger partial charge in [0.2, 0.25) is 0 Å². The third-order valence-corrected chi connectivity index (χ3v) is 7.15. The third-order valence-electron chi connectivity index (χ3n) is 7.15. The summed E-state index contributed by atoms with van der Waals surface area (Å²) in [5, 5.41) is 0. The highest BCUT2D eigenvalue weighted by Crippen LogP contribution is 2.13. The van der Waals surface area contributed by atoms with Crippen LogP contribution in [0.5, 0.6) is 0 Å². The van der Waals surface area contributed by atoms with Crippen LogP contribution in [0, 0.1) is 0 Å². The van der Waals surface area contributed by atoms with Gasteiger partial charge < -0.3 is 18.9 Å². The molecule has 0 fully saturated rings. The van der Waals surface area contributed by atoms with E-state index in [4.69, 9.17) is 18.9 Å². The maximum atomic E-state index is 6.14. The lowest BCUT2D eigenvalue weighted by molar-refractivity contribution is -0.148. The zero-order valence-electron chi connectivity index (χ0n) is 26.2. The smallest absolute Gasteiger partial charge is 0.188 e. The molecule has 0 N–H and O–H groups in total. The lowest BCUT2D eigenvalue weighted by atomic mass is 10.1. The van der Waals surface area contributed by atoms with Crippen molar-refractivity contribution in [3.63, 3.8) is 0 Å². The Bertz CT molecular complexity index is 422. The van der Waals surface area contributed by atoms with Crippen LogP contribution in [0.1, 0.15) is 175 Å². The predicted molar refractivity (Wildman–Crippen MR) is 165 cm³/mol. The molecule has 0 saturated carbocycles. The number of rotatable bonds is 33. The number of allylic oxidation sites excluding steroid dienone is 1. The number of hydrogen-bond donors (Lipinski definition) is 0. The fourth-order valence-electron chi connectivity index (χ4n) is 4.60. The molecule has 0 rings (SSSR count). The lowest BCUT2D eigenvalue weighted by Gasteiger charge is -2.19. The quantitative estimate of drug-likeness (QED) is 0.0471. The fraction of sp³-hybridized carbons (Fsp3) is 0.941. The average Bonchev–Trinajstić information content (AvgIpc) is 2.93. The fourth-order valence-corrected chi connectivity index (χ4v) is 4.60. The van der Waals surface area contributed by atoms with Crippen molar-refractivity contribution in [1.29, 1.82) is 0 Å². The molecule has 4 nitrogen and oxygen atoms in total. The highest BCUT2D eigenvalue weighted by atomic mass is 16.7. The molecule has 0 spiro atoms. The predicted octanol–water partition coefficient (Wildman–Crippen LogP) is 11.3. The van der Waals surface area contributed by atoms with Crippen LogP contribution < -0.4 is 0 Å². The van der Waals surface area contributed by atoms with Crippen molar-refractivity contribution in [2.75, 3.05) is 26.6 Å². The van der Waals surface area contributed by atoms with E-state index in [2.05, 4.69) is 26.8 Å². The minimum absolute atomic E-state index is 0.0359. The molecule has 0 aliphatic heterocycles. The van der Waals surface area contributed by atoms with E-state index in [0.717, 1.165) is 64.8 Å². The van der Waals surface area contributed by atoms with Crippen LogP contribution in [0.4, 0.5) is 0 Å². The van der Waals surface area contributed by atoms with E-state index >= 15 is 0 Å². The molecule has 0 radical (unpaired) electrons. The molecule has 0 aliphatic carbocycles. The van der Waals surface area contributed by atoms with Crippen molar-refractivity contribution >= 4 is 0 Å². The summed E-state index contributed by atoms with van der Waals surface area (Å²) in [5.41, 5.74) is 0. The molecule has 0 atom stereocenters. The van der Waals surface area contributed by atoms with E-state index in [9.17, 15) is 0 Å². The molecule has 0 amide bonds. The van der Waals surface area contributed by atoms with E-state index in [1.807, 2.05) is 0 Å². The Morgan fingerprint density at radius 1 is 0.474 bits per heavy atom. The van der Waals surface area contributed by atoms with Gasteiger partial charge >= 0.3 is 0 Å². The van der Waals surface area contributed by atoms with Crippen molar-refractivity contribution in [2.24, 2.45) is 0 Å². The number of unbranched alkanes of at least 4 members (excludes halogenated alkanes) is 19. The minimum Gasteiger partial charge on any atom is -0.475 e. The molecule has 0 aromatic heterocycles. The first-order valence-corrected chi connectivity index (χ1v) is 16.9. The van der Waals surface area contributed by atoms with Crippen LogP contribution in [0.15, 0.2) is 12.3 Å². The Labute approximate surface area is 239 Å². The first-order valence-electron chi connectivity index (χ1n) is 16.9. The van der Waals surface area contributed by atoms with Crippen molar-refractivity contribution in [2.45, 2.75) is 181 Å². The van der Waals surface area contributed by atoms with Crippen LogP contribution in [-0.4, -0.2) is 32.9 Å². The highest BCUT2D eigenvalue weighted by Gasteiger charge is 2.09. The van der Waals surface area contributed by atoms with Gasteiger partial charge in [-0.25, -0.2) is 0 Å². The summed E-state index contributed by atoms with van der Waals surface area (Å²) in [4.78, 5) is 0. The average molecular weight is 541 g/mol. The molecule has 228 valence electrons. The van der Waals surface area contributed by atoms with Gasteiger partial charge in [-0.05, 0) is 51.0 Å². The first kappa shape index (κ1) is 37.4. The Hall–Kier alpha value is -0.580. The second-order valence-corrected chi connectivity index (χ2v) is 11.0. The van der Waals surface area contributed by atoms with Gasteiger partial charge in [0.15, 0.2) is 13.1 Å². The van der Waals surface area contributed by atoms with E-state index in [-0.39, 0.29) is 6.29 Å². The zero-order valence-corrected chi connectivity index (χ0v) is 26.2. The van der Waals surface area contributed by atoms with Gasteiger partial charge in [0, 0.05) is 13.2 Å². The minimum atomic E-state index is -0.0359. The van der Waals surface area contributed by atoms with Gasteiger partial charge in [-0.3, -0.25) is 0 Å². The van der Waals surface area contributed by atoms with E-state index < -0.39 is 0 Å². The van der Waals surface area contributed by atoms with Crippen molar-refractivity contribution in [1.82, 2.24) is 0 Å². The largest absolute Gasteiger partial charge is 0.475 e. The van der Waals surface area contributed by atoms with Crippen LogP contribution in [-0.2, 0) is 18.9 Å². The van der Waals surface area contributed by atoms with Crippen LogP contribution >= 0.6 is 0 Å². The molecule has 0 heterocycles. The number of hydrogen-bond acceptors (Lipinski definition) is 4. The van der Waals surface area contributed by atoms with Crippen LogP contribution in [0.25, 0.3) is 0 Å². The molecular formula is C34H68O4. The summed E-state index contributed by atoms with van der Waals surface area (Å²) >= 11 is 0. The molecular weight excluding hydrogens is 472 g/mol. The summed E-state index contributed by atoms with van der Waals surface area (Å²) in [7, 11) is 0. The Kier molecular flexibility index (Phi) is 33.9. The number of ether oxygens (including phenoxy) is 4. The van der Waals surface area contributed by atoms with Gasteiger partial charge in [-0.15, -0.1) is 0 Å². The van der Waals surface area contributed by atoms with Gasteiger partial charge in [-0.2, -0.15) is 0 Å². The van der Waals surface area contributed by atoms with Crippen molar-refractivity contribution in [3.05, 3.63) is 12.3 Å². The van der Waals surface area contributed by atoms with E-state index in [1.54, 1.807) is 6.26 Å². The summed E-state index contributed by atoms with van der Waals surface area (Å²) in [6.45, 7) is 9.65. The SMILES string of the molecule is CCCCCCCCCCOCOC=CCCCCC(OCCCCCCCC)OCCCCCCCC. The van der Waals surface area contributed by atoms with Crippen molar-refractivity contribution in [3.8, 4) is 0 Å². The first-order chi connectivity index (χ1) is 18.8. The van der Waals surface area contributed by atoms with E-state index in [1.165, 1.54) is 109 Å². The summed E-state index contributed by atoms with van der Waals surface area (Å²) in [6.07, 6.45) is 34.3. The maximum absolute atomic E-state index is 6.14. The Morgan fingerprint density at radius 2 is 0.921 bits per heavy atom. The van der Waals surface area contributed by atoms with Gasteiger partial charge in [-0.1, -0.05) is 130 Å². The molecule has 38 heavy (non-hydrogen) atoms. The lowest BCUT2D eigenvalue weighted by Crippen LogP contribution is -2.19. The second kappa shape index (κ2) is 34.4. The van der Waals surface area contributed by atoms with Crippen LogP contribution in [0.3, 0.4) is 0 Å². The third kappa shape index (κ3) is 31.6. The summed E-state index contributed by atoms with van der Waals surface area (Å²) in [5.74, 6) is 0. The topological polar surface area (TPSA) is 36.9 Å². The molecule has 4 heteroatoms. The molecule has 0 saturated heterocycles. The van der Waals surface area contributed by atoms with Gasteiger partial charge in [0.05, 0.1) is 12.9 Å². The standard InChI is InChI=1S/C34H68O4/c1-4-7-10-13-16-17-19-24-29-35-33-36-30-25-22-18-23-28-34(37-31-26-20-14-11-8-5-2)38-32-27-21-15-12-9-6-3/h25,30,34H,4-24,26-29,31-33H2,1-3H3. The highest BCUT2D eigenvalue weighted by molar-refractivity contribution is 4.73. The Morgan fingerprint density at radius 3 is 1.42 bits per heavy atom. The zero-order chi connectivity index (χ0) is 27.6. The molecule has 0 bridgehead atoms. The molecule has 0 unspecified atom stereocenters. The molecule has 0 aliphatic rings. The van der Waals surface area contributed by atoms with Crippen LogP contribution in [0.2, 0.25) is 0 Å². The molecule has 0 aromatic rings. The Balaban J connectivity index is 3.76. The maximum Gasteiger partial charge on any atom is 0.188 e. The van der Waals surface area contributed by atoms with E-state index in [0.29, 0.717) is 6.79 Å². The summed E-state index contributed by atoms with van der Waals surface area (Å²) < 4.78 is 23.3. The summed E-state index contributed by atoms with van der Waals surface area (Å²) in [6, 6.07) is 0.